The van der Waals surface area contributed by atoms with Crippen LogP contribution in [0.15, 0.2) is 60.8 Å². The zero-order valence-corrected chi connectivity index (χ0v) is 22.3. The minimum Gasteiger partial charge on any atom is -0.446 e. The molecule has 5 atom stereocenters. The van der Waals surface area contributed by atoms with E-state index in [0.717, 1.165) is 34.9 Å². The molecule has 0 aliphatic heterocycles. The number of carbonyl (C=O) groups is 2. The van der Waals surface area contributed by atoms with Crippen molar-refractivity contribution < 1.29 is 14.3 Å². The topological polar surface area (TPSA) is 83.2 Å². The van der Waals surface area contributed by atoms with Crippen LogP contribution in [0.3, 0.4) is 0 Å². The van der Waals surface area contributed by atoms with E-state index in [1.807, 2.05) is 60.8 Å². The van der Waals surface area contributed by atoms with Gasteiger partial charge in [-0.3, -0.25) is 4.79 Å². The van der Waals surface area contributed by atoms with Gasteiger partial charge in [0, 0.05) is 30.1 Å². The lowest BCUT2D eigenvalue weighted by Gasteiger charge is -2.61. The Labute approximate surface area is 219 Å². The maximum absolute atomic E-state index is 13.6. The molecule has 3 saturated carbocycles. The van der Waals surface area contributed by atoms with Crippen LogP contribution in [0.25, 0.3) is 10.9 Å². The van der Waals surface area contributed by atoms with Crippen LogP contribution in [0, 0.1) is 23.2 Å². The molecule has 2 amide bonds. The standard InChI is InChI=1S/C31H39N3O3/c1-20-25-16-23(30(25,2)3)17-27(20)37-29(36)34-31(4,18-22-19-33-26-13-9-8-12-24(22)26)28(35)32-15-14-21-10-6-5-7-11-21/h5-13,19-20,23,25,27,33H,14-18H2,1-4H3,(H,32,35)(H,34,36)/t20-,23+,25-,27+,31-/m0/s1. The first kappa shape index (κ1) is 25.4. The van der Waals surface area contributed by atoms with Gasteiger partial charge in [-0.05, 0) is 66.5 Å². The Bertz CT molecular complexity index is 1270. The molecule has 2 aromatic carbocycles. The largest absolute Gasteiger partial charge is 0.446 e. The van der Waals surface area contributed by atoms with Gasteiger partial charge < -0.3 is 20.4 Å². The first-order chi connectivity index (χ1) is 17.7. The molecule has 1 heterocycles. The van der Waals surface area contributed by atoms with E-state index >= 15 is 0 Å². The number of hydrogen-bond donors (Lipinski definition) is 3. The Balaban J connectivity index is 1.29. The Morgan fingerprint density at radius 1 is 1.08 bits per heavy atom. The summed E-state index contributed by atoms with van der Waals surface area (Å²) in [5, 5.41) is 7.08. The number of rotatable bonds is 8. The predicted molar refractivity (Wildman–Crippen MR) is 146 cm³/mol. The fourth-order valence-corrected chi connectivity index (χ4v) is 6.65. The minimum atomic E-state index is -1.17. The lowest BCUT2D eigenvalue weighted by Crippen LogP contribution is -2.61. The molecule has 6 nitrogen and oxygen atoms in total. The minimum absolute atomic E-state index is 0.116. The number of hydrogen-bond acceptors (Lipinski definition) is 3. The second kappa shape index (κ2) is 9.88. The van der Waals surface area contributed by atoms with E-state index in [2.05, 4.69) is 36.4 Å². The quantitative estimate of drug-likeness (QED) is 0.374. The fraction of sp³-hybridized carbons (Fsp3) is 0.484. The molecule has 3 fully saturated rings. The second-order valence-corrected chi connectivity index (χ2v) is 11.9. The Kier molecular flexibility index (Phi) is 6.78. The normalized spacial score (nSPS) is 25.5. The predicted octanol–water partition coefficient (Wildman–Crippen LogP) is 5.62. The van der Waals surface area contributed by atoms with Crippen molar-refractivity contribution in [2.75, 3.05) is 6.54 Å². The molecular formula is C31H39N3O3. The number of fused-ring (bicyclic) bond motifs is 3. The summed E-state index contributed by atoms with van der Waals surface area (Å²) >= 11 is 0. The van der Waals surface area contributed by atoms with Crippen molar-refractivity contribution in [1.82, 2.24) is 15.6 Å². The van der Waals surface area contributed by atoms with Gasteiger partial charge in [-0.2, -0.15) is 0 Å². The SMILES string of the molecule is C[C@@H]1[C@H](OC(=O)N[C@@](C)(Cc2c[nH]c3ccccc23)C(=O)NCCc2ccccc2)C[C@H]2C[C@@H]1C2(C)C. The molecule has 0 unspecified atom stereocenters. The number of nitrogens with one attached hydrogen (secondary N) is 3. The molecule has 0 saturated heterocycles. The summed E-state index contributed by atoms with van der Waals surface area (Å²) in [6.07, 6.45) is 4.47. The summed E-state index contributed by atoms with van der Waals surface area (Å²) in [7, 11) is 0. The van der Waals surface area contributed by atoms with Gasteiger partial charge in [0.1, 0.15) is 11.6 Å². The third-order valence-corrected chi connectivity index (χ3v) is 9.18. The maximum atomic E-state index is 13.6. The van der Waals surface area contributed by atoms with Gasteiger partial charge in [0.25, 0.3) is 0 Å². The van der Waals surface area contributed by atoms with E-state index < -0.39 is 11.6 Å². The highest BCUT2D eigenvalue weighted by molar-refractivity contribution is 5.91. The fourth-order valence-electron chi connectivity index (χ4n) is 6.65. The molecule has 37 heavy (non-hydrogen) atoms. The highest BCUT2D eigenvalue weighted by atomic mass is 16.6. The van der Waals surface area contributed by atoms with Crippen molar-refractivity contribution in [2.24, 2.45) is 23.2 Å². The first-order valence-electron chi connectivity index (χ1n) is 13.5. The van der Waals surface area contributed by atoms with Crippen molar-refractivity contribution >= 4 is 22.9 Å². The van der Waals surface area contributed by atoms with Gasteiger partial charge in [0.15, 0.2) is 0 Å². The van der Waals surface area contributed by atoms with Crippen molar-refractivity contribution in [3.8, 4) is 0 Å². The molecule has 196 valence electrons. The number of aromatic nitrogens is 1. The van der Waals surface area contributed by atoms with Gasteiger partial charge in [0.05, 0.1) is 0 Å². The van der Waals surface area contributed by atoms with Crippen molar-refractivity contribution in [3.63, 3.8) is 0 Å². The van der Waals surface area contributed by atoms with Crippen LogP contribution in [0.1, 0.15) is 51.7 Å². The van der Waals surface area contributed by atoms with Crippen LogP contribution in [0.4, 0.5) is 4.79 Å². The summed E-state index contributed by atoms with van der Waals surface area (Å²) in [5.74, 6) is 1.25. The third kappa shape index (κ3) is 4.98. The maximum Gasteiger partial charge on any atom is 0.408 e. The van der Waals surface area contributed by atoms with Gasteiger partial charge in [0.2, 0.25) is 5.91 Å². The summed E-state index contributed by atoms with van der Waals surface area (Å²) in [5.41, 5.74) is 2.29. The van der Waals surface area contributed by atoms with Crippen LogP contribution < -0.4 is 10.6 Å². The van der Waals surface area contributed by atoms with Crippen LogP contribution in [0.5, 0.6) is 0 Å². The summed E-state index contributed by atoms with van der Waals surface area (Å²) in [6, 6.07) is 18.1. The van der Waals surface area contributed by atoms with Gasteiger partial charge in [-0.25, -0.2) is 4.79 Å². The smallest absolute Gasteiger partial charge is 0.408 e. The van der Waals surface area contributed by atoms with E-state index in [1.54, 1.807) is 6.92 Å². The molecule has 3 N–H and O–H groups in total. The number of benzene rings is 2. The molecule has 6 rings (SSSR count). The van der Waals surface area contributed by atoms with E-state index in [4.69, 9.17) is 4.74 Å². The van der Waals surface area contributed by atoms with Crippen LogP contribution >= 0.6 is 0 Å². The van der Waals surface area contributed by atoms with E-state index in [9.17, 15) is 9.59 Å². The molecule has 0 radical (unpaired) electrons. The van der Waals surface area contributed by atoms with E-state index in [1.165, 1.54) is 6.42 Å². The molecule has 0 spiro atoms. The average Bonchev–Trinajstić information content (AvgIpc) is 3.27. The molecule has 3 aliphatic rings. The number of alkyl carbamates (subject to hydrolysis) is 1. The Morgan fingerprint density at radius 3 is 2.54 bits per heavy atom. The van der Waals surface area contributed by atoms with Gasteiger partial charge >= 0.3 is 6.09 Å². The number of H-pyrrole nitrogens is 1. The van der Waals surface area contributed by atoms with Crippen molar-refractivity contribution in [2.45, 2.75) is 65.0 Å². The molecule has 3 aromatic rings. The van der Waals surface area contributed by atoms with Crippen LogP contribution in [-0.2, 0) is 22.4 Å². The van der Waals surface area contributed by atoms with Crippen molar-refractivity contribution in [3.05, 3.63) is 71.9 Å². The summed E-state index contributed by atoms with van der Waals surface area (Å²) in [6.45, 7) is 9.13. The third-order valence-electron chi connectivity index (χ3n) is 9.18. The molecule has 3 aliphatic carbocycles. The Morgan fingerprint density at radius 2 is 1.81 bits per heavy atom. The number of ether oxygens (including phenoxy) is 1. The number of para-hydroxylation sites is 1. The highest BCUT2D eigenvalue weighted by Crippen LogP contribution is 2.61. The monoisotopic (exact) mass is 501 g/mol. The van der Waals surface area contributed by atoms with Crippen LogP contribution in [-0.4, -0.2) is 35.2 Å². The zero-order chi connectivity index (χ0) is 26.2. The summed E-state index contributed by atoms with van der Waals surface area (Å²) in [4.78, 5) is 30.1. The number of aromatic amines is 1. The molecule has 2 bridgehead atoms. The second-order valence-electron chi connectivity index (χ2n) is 11.9. The van der Waals surface area contributed by atoms with Gasteiger partial charge in [-0.15, -0.1) is 0 Å². The lowest BCUT2D eigenvalue weighted by molar-refractivity contribution is -0.155. The van der Waals surface area contributed by atoms with Crippen molar-refractivity contribution in [1.29, 1.82) is 0 Å². The van der Waals surface area contributed by atoms with E-state index in [0.29, 0.717) is 36.1 Å². The molecule has 6 heteroatoms. The number of carbonyl (C=O) groups excluding carboxylic acids is 2. The highest BCUT2D eigenvalue weighted by Gasteiger charge is 2.57. The van der Waals surface area contributed by atoms with Crippen LogP contribution in [0.2, 0.25) is 0 Å². The molecule has 1 aromatic heterocycles. The number of amides is 2. The van der Waals surface area contributed by atoms with E-state index in [-0.39, 0.29) is 12.0 Å². The Hall–Kier alpha value is -3.28. The van der Waals surface area contributed by atoms with Gasteiger partial charge in [-0.1, -0.05) is 69.3 Å². The average molecular weight is 502 g/mol. The zero-order valence-electron chi connectivity index (χ0n) is 22.3. The summed E-state index contributed by atoms with van der Waals surface area (Å²) < 4.78 is 5.99. The lowest BCUT2D eigenvalue weighted by atomic mass is 9.45. The first-order valence-corrected chi connectivity index (χ1v) is 13.5. The molecular weight excluding hydrogens is 462 g/mol.